The number of hydrogen-bond acceptors (Lipinski definition) is 1. The molecule has 254 valence electrons. The molecule has 0 spiro atoms. The van der Waals surface area contributed by atoms with Gasteiger partial charge in [0, 0.05) is 33.5 Å². The highest BCUT2D eigenvalue weighted by Crippen LogP contribution is 2.42. The molecule has 2 nitrogen and oxygen atoms in total. The maximum Gasteiger partial charge on any atom is 0.0541 e. The van der Waals surface area contributed by atoms with E-state index in [-0.39, 0.29) is 0 Å². The van der Waals surface area contributed by atoms with Gasteiger partial charge in [-0.1, -0.05) is 152 Å². The van der Waals surface area contributed by atoms with Crippen molar-refractivity contribution in [3.8, 4) is 39.1 Å². The molecule has 2 heteroatoms. The van der Waals surface area contributed by atoms with Gasteiger partial charge in [-0.05, 0) is 111 Å². The van der Waals surface area contributed by atoms with Gasteiger partial charge in [0.05, 0.1) is 11.0 Å². The van der Waals surface area contributed by atoms with Crippen molar-refractivity contribution in [3.05, 3.63) is 218 Å². The van der Waals surface area contributed by atoms with Crippen molar-refractivity contribution in [2.24, 2.45) is 0 Å². The highest BCUT2D eigenvalue weighted by atomic mass is 15.1. The Morgan fingerprint density at radius 1 is 0.296 bits per heavy atom. The Hall–Kier alpha value is -7.16. The van der Waals surface area contributed by atoms with Gasteiger partial charge in [0.2, 0.25) is 0 Å². The van der Waals surface area contributed by atoms with E-state index in [2.05, 4.69) is 228 Å². The summed E-state index contributed by atoms with van der Waals surface area (Å²) in [6.45, 7) is 0. The molecule has 54 heavy (non-hydrogen) atoms. The average molecular weight is 689 g/mol. The molecule has 0 saturated carbocycles. The fourth-order valence-corrected chi connectivity index (χ4v) is 7.97. The molecule has 0 N–H and O–H groups in total. The number of benzene rings is 9. The van der Waals surface area contributed by atoms with Crippen molar-refractivity contribution in [2.75, 3.05) is 4.90 Å². The third kappa shape index (κ3) is 5.62. The second-order valence-electron chi connectivity index (χ2n) is 13.8. The fraction of sp³-hybridized carbons (Fsp3) is 0. The van der Waals surface area contributed by atoms with Crippen LogP contribution < -0.4 is 4.90 Å². The number of fused-ring (bicyclic) bond motifs is 4. The predicted molar refractivity (Wildman–Crippen MR) is 229 cm³/mol. The van der Waals surface area contributed by atoms with Crippen molar-refractivity contribution in [1.29, 1.82) is 0 Å². The van der Waals surface area contributed by atoms with E-state index >= 15 is 0 Å². The smallest absolute Gasteiger partial charge is 0.0541 e. The summed E-state index contributed by atoms with van der Waals surface area (Å²) in [5.41, 5.74) is 14.0. The number of nitrogens with zero attached hydrogens (tertiary/aromatic N) is 2. The number of aromatic nitrogens is 1. The van der Waals surface area contributed by atoms with Crippen molar-refractivity contribution < 1.29 is 0 Å². The Labute approximate surface area is 315 Å². The van der Waals surface area contributed by atoms with E-state index in [1.807, 2.05) is 0 Å². The minimum Gasteiger partial charge on any atom is -0.310 e. The summed E-state index contributed by atoms with van der Waals surface area (Å²) in [5.74, 6) is 0. The lowest BCUT2D eigenvalue weighted by Gasteiger charge is -2.27. The summed E-state index contributed by atoms with van der Waals surface area (Å²) in [6, 6.07) is 78.9. The molecule has 0 aliphatic rings. The van der Waals surface area contributed by atoms with Crippen LogP contribution >= 0.6 is 0 Å². The number of rotatable bonds is 7. The van der Waals surface area contributed by atoms with E-state index in [1.165, 1.54) is 66.0 Å². The molecule has 0 saturated heterocycles. The maximum atomic E-state index is 2.38. The van der Waals surface area contributed by atoms with Gasteiger partial charge in [0.25, 0.3) is 0 Å². The van der Waals surface area contributed by atoms with Crippen LogP contribution in [0, 0.1) is 0 Å². The van der Waals surface area contributed by atoms with Gasteiger partial charge in [-0.3, -0.25) is 0 Å². The molecule has 0 aliphatic heterocycles. The molecule has 10 rings (SSSR count). The van der Waals surface area contributed by atoms with Crippen molar-refractivity contribution in [1.82, 2.24) is 4.57 Å². The highest BCUT2D eigenvalue weighted by Gasteiger charge is 2.18. The Morgan fingerprint density at radius 2 is 0.796 bits per heavy atom. The first-order valence-corrected chi connectivity index (χ1v) is 18.5. The van der Waals surface area contributed by atoms with Crippen LogP contribution in [0.1, 0.15) is 0 Å². The van der Waals surface area contributed by atoms with E-state index in [4.69, 9.17) is 0 Å². The van der Waals surface area contributed by atoms with E-state index < -0.39 is 0 Å². The Bertz CT molecular complexity index is 2850. The summed E-state index contributed by atoms with van der Waals surface area (Å²) < 4.78 is 2.37. The van der Waals surface area contributed by atoms with Crippen LogP contribution in [-0.2, 0) is 0 Å². The molecule has 0 amide bonds. The summed E-state index contributed by atoms with van der Waals surface area (Å²) >= 11 is 0. The molecule has 0 aliphatic carbocycles. The lowest BCUT2D eigenvalue weighted by Crippen LogP contribution is -2.10. The standard InChI is InChI=1S/C52H36N2/c1-3-13-37(14-4-1)39-25-27-43(28-26-39)53(44-29-31-45(32-30-44)54-51-21-11-9-19-48(51)49-20-10-12-22-52(49)54)46-33-34-47(40-16-5-2-6-17-40)50(36-46)42-24-23-38-15-7-8-18-41(38)35-42/h1-36H. The second-order valence-corrected chi connectivity index (χ2v) is 13.8. The third-order valence-corrected chi connectivity index (χ3v) is 10.6. The van der Waals surface area contributed by atoms with Crippen LogP contribution in [0.2, 0.25) is 0 Å². The molecule has 10 aromatic rings. The normalized spacial score (nSPS) is 11.3. The second kappa shape index (κ2) is 13.4. The molecule has 0 bridgehead atoms. The topological polar surface area (TPSA) is 8.17 Å². The van der Waals surface area contributed by atoms with Crippen LogP contribution in [0.25, 0.3) is 71.6 Å². The average Bonchev–Trinajstić information content (AvgIpc) is 3.59. The van der Waals surface area contributed by atoms with Gasteiger partial charge in [-0.15, -0.1) is 0 Å². The zero-order valence-corrected chi connectivity index (χ0v) is 29.7. The molecule has 0 fully saturated rings. The molecule has 1 aromatic heterocycles. The molecule has 0 unspecified atom stereocenters. The lowest BCUT2D eigenvalue weighted by molar-refractivity contribution is 1.17. The maximum absolute atomic E-state index is 2.38. The lowest BCUT2D eigenvalue weighted by atomic mass is 9.92. The van der Waals surface area contributed by atoms with E-state index in [0.717, 1.165) is 22.7 Å². The largest absolute Gasteiger partial charge is 0.310 e. The predicted octanol–water partition coefficient (Wildman–Crippen LogP) is 14.4. The molecule has 0 atom stereocenters. The van der Waals surface area contributed by atoms with Crippen LogP contribution in [0.3, 0.4) is 0 Å². The zero-order valence-electron chi connectivity index (χ0n) is 29.7. The van der Waals surface area contributed by atoms with Crippen LogP contribution in [0.4, 0.5) is 17.1 Å². The SMILES string of the molecule is c1ccc(-c2ccc(N(c3ccc(-n4c5ccccc5c5ccccc54)cc3)c3ccc(-c4ccccc4)c(-c4ccc5ccccc5c4)c3)cc2)cc1. The molecular weight excluding hydrogens is 653 g/mol. The van der Waals surface area contributed by atoms with Gasteiger partial charge in [0.15, 0.2) is 0 Å². The summed E-state index contributed by atoms with van der Waals surface area (Å²) in [7, 11) is 0. The zero-order chi connectivity index (χ0) is 35.8. The highest BCUT2D eigenvalue weighted by molar-refractivity contribution is 6.09. The van der Waals surface area contributed by atoms with Gasteiger partial charge >= 0.3 is 0 Å². The Kier molecular flexibility index (Phi) is 7.85. The van der Waals surface area contributed by atoms with Crippen molar-refractivity contribution >= 4 is 49.6 Å². The van der Waals surface area contributed by atoms with Gasteiger partial charge in [-0.25, -0.2) is 0 Å². The number of hydrogen-bond donors (Lipinski definition) is 0. The number of para-hydroxylation sites is 2. The van der Waals surface area contributed by atoms with Gasteiger partial charge in [0.1, 0.15) is 0 Å². The molecular formula is C52H36N2. The van der Waals surface area contributed by atoms with Gasteiger partial charge < -0.3 is 9.47 Å². The van der Waals surface area contributed by atoms with Crippen molar-refractivity contribution in [2.45, 2.75) is 0 Å². The van der Waals surface area contributed by atoms with Crippen LogP contribution in [-0.4, -0.2) is 4.57 Å². The van der Waals surface area contributed by atoms with E-state index in [9.17, 15) is 0 Å². The fourth-order valence-electron chi connectivity index (χ4n) is 7.97. The molecule has 9 aromatic carbocycles. The van der Waals surface area contributed by atoms with Crippen LogP contribution in [0.5, 0.6) is 0 Å². The van der Waals surface area contributed by atoms with Gasteiger partial charge in [-0.2, -0.15) is 0 Å². The Balaban J connectivity index is 1.14. The first-order chi connectivity index (χ1) is 26.8. The monoisotopic (exact) mass is 688 g/mol. The first-order valence-electron chi connectivity index (χ1n) is 18.5. The summed E-state index contributed by atoms with van der Waals surface area (Å²) in [5, 5.41) is 4.99. The van der Waals surface area contributed by atoms with E-state index in [1.54, 1.807) is 0 Å². The Morgan fingerprint density at radius 3 is 1.46 bits per heavy atom. The number of anilines is 3. The van der Waals surface area contributed by atoms with Crippen LogP contribution in [0.15, 0.2) is 218 Å². The van der Waals surface area contributed by atoms with Crippen molar-refractivity contribution in [3.63, 3.8) is 0 Å². The minimum atomic E-state index is 1.09. The summed E-state index contributed by atoms with van der Waals surface area (Å²) in [4.78, 5) is 2.38. The summed E-state index contributed by atoms with van der Waals surface area (Å²) in [6.07, 6.45) is 0. The van der Waals surface area contributed by atoms with E-state index in [0.29, 0.717) is 0 Å². The third-order valence-electron chi connectivity index (χ3n) is 10.6. The minimum absolute atomic E-state index is 1.09. The molecule has 0 radical (unpaired) electrons. The quantitative estimate of drug-likeness (QED) is 0.162. The molecule has 1 heterocycles. The first kappa shape index (κ1) is 31.6.